The van der Waals surface area contributed by atoms with E-state index in [9.17, 15) is 4.79 Å². The summed E-state index contributed by atoms with van der Waals surface area (Å²) in [6, 6.07) is 3.77. The molecule has 1 aliphatic heterocycles. The summed E-state index contributed by atoms with van der Waals surface area (Å²) < 4.78 is 8.98. The number of nitrogens with one attached hydrogen (secondary N) is 1. The molecule has 1 atom stereocenters. The number of anilines is 1. The number of rotatable bonds is 6. The second kappa shape index (κ2) is 10.4. The van der Waals surface area contributed by atoms with Crippen LogP contribution in [-0.4, -0.2) is 51.0 Å². The average molecular weight is 575 g/mol. The van der Waals surface area contributed by atoms with Gasteiger partial charge in [0.15, 0.2) is 0 Å². The van der Waals surface area contributed by atoms with Crippen molar-refractivity contribution in [3.8, 4) is 22.8 Å². The molecule has 0 amide bonds. The van der Waals surface area contributed by atoms with Crippen LogP contribution in [0.4, 0.5) is 5.95 Å². The number of nitrogens with zero attached hydrogens (tertiary/aromatic N) is 9. The number of halogens is 1. The van der Waals surface area contributed by atoms with Crippen LogP contribution in [0.2, 0.25) is 5.02 Å². The van der Waals surface area contributed by atoms with Crippen LogP contribution in [0.15, 0.2) is 40.2 Å². The lowest BCUT2D eigenvalue weighted by Crippen LogP contribution is -2.29. The van der Waals surface area contributed by atoms with Crippen molar-refractivity contribution < 1.29 is 4.52 Å². The molecule has 1 unspecified atom stereocenters. The predicted octanol–water partition coefficient (Wildman–Crippen LogP) is 4.79. The van der Waals surface area contributed by atoms with Crippen LogP contribution in [0.3, 0.4) is 0 Å². The van der Waals surface area contributed by atoms with E-state index in [2.05, 4.69) is 41.6 Å². The molecule has 0 spiro atoms. The molecule has 1 saturated carbocycles. The highest BCUT2D eigenvalue weighted by atomic mass is 35.5. The standard InChI is InChI=1S/C28H31ClN10O2/c1-16-5-7-17(8-6-16)14-39-24-20(34-27(39)38-9-3-4-22(38)26-31-15-32-37(26)2)11-21(25-35-28(40)41-36-25)33-23(24)18-10-19(29)13-30-12-18/h10-13,15-17,22H,3-9,14H2,1-2H3,(H,35,36,40)/t16-,17-,22?. The van der Waals surface area contributed by atoms with Gasteiger partial charge in [0.05, 0.1) is 27.8 Å². The summed E-state index contributed by atoms with van der Waals surface area (Å²) in [5, 5.41) is 8.75. The van der Waals surface area contributed by atoms with Gasteiger partial charge in [-0.2, -0.15) is 5.10 Å². The summed E-state index contributed by atoms with van der Waals surface area (Å²) in [6.45, 7) is 4.02. The first kappa shape index (κ1) is 25.9. The third-order valence-corrected chi connectivity index (χ3v) is 8.70. The quantitative estimate of drug-likeness (QED) is 0.303. The number of aromatic nitrogens is 9. The van der Waals surface area contributed by atoms with Crippen LogP contribution in [0, 0.1) is 11.8 Å². The Kier molecular flexibility index (Phi) is 6.57. The fraction of sp³-hybridized carbons (Fsp3) is 0.464. The van der Waals surface area contributed by atoms with E-state index in [1.807, 2.05) is 23.9 Å². The molecule has 1 N–H and O–H groups in total. The van der Waals surface area contributed by atoms with Crippen molar-refractivity contribution in [2.24, 2.45) is 18.9 Å². The molecule has 212 valence electrons. The van der Waals surface area contributed by atoms with Crippen LogP contribution < -0.4 is 10.7 Å². The van der Waals surface area contributed by atoms with Crippen molar-refractivity contribution in [2.45, 2.75) is 58.0 Å². The van der Waals surface area contributed by atoms with Crippen LogP contribution in [0.1, 0.15) is 57.3 Å². The molecular weight excluding hydrogens is 544 g/mol. The maximum atomic E-state index is 11.8. The maximum absolute atomic E-state index is 11.8. The third kappa shape index (κ3) is 4.79. The lowest BCUT2D eigenvalue weighted by molar-refractivity contribution is 0.266. The molecule has 6 heterocycles. The summed E-state index contributed by atoms with van der Waals surface area (Å²) in [7, 11) is 1.93. The summed E-state index contributed by atoms with van der Waals surface area (Å²) in [5.41, 5.74) is 3.53. The largest absolute Gasteiger partial charge is 0.439 e. The fourth-order valence-electron chi connectivity index (χ4n) is 6.39. The van der Waals surface area contributed by atoms with Crippen LogP contribution >= 0.6 is 11.6 Å². The molecule has 2 aliphatic rings. The number of imidazole rings is 1. The molecule has 5 aromatic heterocycles. The smallest absolute Gasteiger partial charge is 0.332 e. The molecule has 0 bridgehead atoms. The van der Waals surface area contributed by atoms with Crippen LogP contribution in [0.5, 0.6) is 0 Å². The zero-order valence-electron chi connectivity index (χ0n) is 23.0. The Morgan fingerprint density at radius 3 is 2.71 bits per heavy atom. The van der Waals surface area contributed by atoms with Crippen molar-refractivity contribution in [2.75, 3.05) is 11.4 Å². The zero-order valence-corrected chi connectivity index (χ0v) is 23.8. The van der Waals surface area contributed by atoms with Gasteiger partial charge in [-0.05, 0) is 49.7 Å². The van der Waals surface area contributed by atoms with E-state index in [-0.39, 0.29) is 11.9 Å². The lowest BCUT2D eigenvalue weighted by Gasteiger charge is -2.30. The van der Waals surface area contributed by atoms with Crippen LogP contribution in [-0.2, 0) is 13.6 Å². The minimum Gasteiger partial charge on any atom is -0.332 e. The van der Waals surface area contributed by atoms with Gasteiger partial charge >= 0.3 is 5.76 Å². The number of aromatic amines is 1. The molecule has 12 nitrogen and oxygen atoms in total. The van der Waals surface area contributed by atoms with Gasteiger partial charge in [0.2, 0.25) is 11.8 Å². The van der Waals surface area contributed by atoms with Crippen molar-refractivity contribution in [3.05, 3.63) is 52.3 Å². The van der Waals surface area contributed by atoms with Gasteiger partial charge in [-0.15, -0.1) is 0 Å². The minimum atomic E-state index is -0.644. The molecule has 1 saturated heterocycles. The first-order valence-electron chi connectivity index (χ1n) is 14.1. The Balaban J connectivity index is 1.45. The summed E-state index contributed by atoms with van der Waals surface area (Å²) >= 11 is 6.40. The van der Waals surface area contributed by atoms with E-state index >= 15 is 0 Å². The van der Waals surface area contributed by atoms with Gasteiger partial charge in [0.1, 0.15) is 17.8 Å². The van der Waals surface area contributed by atoms with E-state index in [0.717, 1.165) is 60.2 Å². The van der Waals surface area contributed by atoms with Gasteiger partial charge in [-0.3, -0.25) is 19.2 Å². The Hall–Kier alpha value is -4.06. The fourth-order valence-corrected chi connectivity index (χ4v) is 6.57. The van der Waals surface area contributed by atoms with E-state index in [1.165, 1.54) is 25.7 Å². The van der Waals surface area contributed by atoms with Crippen molar-refractivity contribution >= 4 is 28.6 Å². The van der Waals surface area contributed by atoms with E-state index < -0.39 is 5.76 Å². The number of hydrogen-bond donors (Lipinski definition) is 1. The number of H-pyrrole nitrogens is 1. The number of fused-ring (bicyclic) bond motifs is 1. The molecule has 5 aromatic rings. The summed E-state index contributed by atoms with van der Waals surface area (Å²) in [4.78, 5) is 36.0. The molecule has 2 fully saturated rings. The highest BCUT2D eigenvalue weighted by Crippen LogP contribution is 2.41. The van der Waals surface area contributed by atoms with Crippen molar-refractivity contribution in [1.82, 2.24) is 44.4 Å². The second-order valence-electron chi connectivity index (χ2n) is 11.3. The van der Waals surface area contributed by atoms with Crippen LogP contribution in [0.25, 0.3) is 33.8 Å². The molecule has 0 aromatic carbocycles. The Labute approximate surface area is 240 Å². The predicted molar refractivity (Wildman–Crippen MR) is 153 cm³/mol. The summed E-state index contributed by atoms with van der Waals surface area (Å²) in [5.74, 6) is 2.68. The topological polar surface area (TPSA) is 136 Å². The lowest BCUT2D eigenvalue weighted by atomic mass is 9.83. The van der Waals surface area contributed by atoms with E-state index in [4.69, 9.17) is 26.1 Å². The van der Waals surface area contributed by atoms with Gasteiger partial charge in [0, 0.05) is 38.1 Å². The molecule has 41 heavy (non-hydrogen) atoms. The van der Waals surface area contributed by atoms with Gasteiger partial charge < -0.3 is 9.47 Å². The minimum absolute atomic E-state index is 0.0556. The molecule has 7 rings (SSSR count). The third-order valence-electron chi connectivity index (χ3n) is 8.50. The Morgan fingerprint density at radius 2 is 1.98 bits per heavy atom. The Morgan fingerprint density at radius 1 is 1.12 bits per heavy atom. The van der Waals surface area contributed by atoms with Crippen molar-refractivity contribution in [3.63, 3.8) is 0 Å². The highest BCUT2D eigenvalue weighted by Gasteiger charge is 2.34. The first-order chi connectivity index (χ1) is 19.9. The molecule has 13 heteroatoms. The molecule has 1 aliphatic carbocycles. The molecule has 0 radical (unpaired) electrons. The molecular formula is C28H31ClN10O2. The number of hydrogen-bond acceptors (Lipinski definition) is 9. The monoisotopic (exact) mass is 574 g/mol. The SMILES string of the molecule is Cn1ncnc1C1CCCN1c1nc2cc(-c3noc(=O)[nH]3)nc(-c3cncc(Cl)c3)c2n1C[C@H]1CC[C@H](C)CC1. The first-order valence-corrected chi connectivity index (χ1v) is 14.5. The van der Waals surface area contributed by atoms with E-state index in [0.29, 0.717) is 22.3 Å². The van der Waals surface area contributed by atoms with Gasteiger partial charge in [-0.25, -0.2) is 19.7 Å². The maximum Gasteiger partial charge on any atom is 0.439 e. The number of pyridine rings is 2. The average Bonchev–Trinajstić information content (AvgIpc) is 3.76. The highest BCUT2D eigenvalue weighted by molar-refractivity contribution is 6.30. The van der Waals surface area contributed by atoms with Crippen molar-refractivity contribution in [1.29, 1.82) is 0 Å². The second-order valence-corrected chi connectivity index (χ2v) is 11.7. The van der Waals surface area contributed by atoms with Gasteiger partial charge in [-0.1, -0.05) is 36.5 Å². The summed E-state index contributed by atoms with van der Waals surface area (Å²) in [6.07, 6.45) is 11.7. The zero-order chi connectivity index (χ0) is 28.1. The number of aryl methyl sites for hydroxylation is 1. The Bertz CT molecular complexity index is 1760. The van der Waals surface area contributed by atoms with Gasteiger partial charge in [0.25, 0.3) is 0 Å². The van der Waals surface area contributed by atoms with E-state index in [1.54, 1.807) is 18.7 Å². The normalized spacial score (nSPS) is 21.2.